The van der Waals surface area contributed by atoms with E-state index in [1.807, 2.05) is 30.3 Å². The number of benzene rings is 2. The van der Waals surface area contributed by atoms with E-state index in [4.69, 9.17) is 4.74 Å². The molecule has 3 N–H and O–H groups in total. The fourth-order valence-electron chi connectivity index (χ4n) is 5.51. The molecule has 0 bridgehead atoms. The second-order valence-corrected chi connectivity index (χ2v) is 15.6. The van der Waals surface area contributed by atoms with Crippen LogP contribution in [0.25, 0.3) is 0 Å². The van der Waals surface area contributed by atoms with E-state index in [0.29, 0.717) is 6.42 Å². The van der Waals surface area contributed by atoms with Crippen LogP contribution >= 0.6 is 19.1 Å². The molecule has 0 aliphatic heterocycles. The number of thioether (sulfide) groups is 1. The van der Waals surface area contributed by atoms with E-state index in [0.717, 1.165) is 41.9 Å². The molecule has 44 heavy (non-hydrogen) atoms. The molecule has 1 aliphatic carbocycles. The Morgan fingerprint density at radius 2 is 1.66 bits per heavy atom. The molecule has 0 spiro atoms. The minimum absolute atomic E-state index is 0.00651. The van der Waals surface area contributed by atoms with Crippen LogP contribution in [0.3, 0.4) is 0 Å². The zero-order chi connectivity index (χ0) is 32.3. The molecule has 3 rings (SSSR count). The van der Waals surface area contributed by atoms with Crippen LogP contribution in [-0.2, 0) is 18.9 Å². The molecule has 3 amide bonds. The lowest BCUT2D eigenvalue weighted by Gasteiger charge is -2.34. The predicted octanol–water partition coefficient (Wildman–Crippen LogP) is 6.94. The zero-order valence-electron chi connectivity index (χ0n) is 25.5. The summed E-state index contributed by atoms with van der Waals surface area (Å²) in [5, 5.41) is 12.8. The van der Waals surface area contributed by atoms with E-state index in [-0.39, 0.29) is 41.2 Å². The van der Waals surface area contributed by atoms with Gasteiger partial charge in [0.05, 0.1) is 18.2 Å². The highest BCUT2D eigenvalue weighted by atomic mass is 32.2. The quantitative estimate of drug-likeness (QED) is 0.113. The molecule has 0 aromatic heterocycles. The van der Waals surface area contributed by atoms with Crippen molar-refractivity contribution in [1.82, 2.24) is 4.90 Å². The van der Waals surface area contributed by atoms with Crippen LogP contribution in [0.5, 0.6) is 0 Å². The van der Waals surface area contributed by atoms with Gasteiger partial charge in [0.15, 0.2) is 0 Å². The van der Waals surface area contributed by atoms with E-state index in [1.165, 1.54) is 43.1 Å². The third-order valence-corrected chi connectivity index (χ3v) is 11.4. The second-order valence-electron chi connectivity index (χ2n) is 11.7. The van der Waals surface area contributed by atoms with Crippen LogP contribution in [0, 0.1) is 17.8 Å². The summed E-state index contributed by atoms with van der Waals surface area (Å²) in [7, 11) is -2.63. The first-order valence-electron chi connectivity index (χ1n) is 14.9. The summed E-state index contributed by atoms with van der Waals surface area (Å²) in [5.74, 6) is -3.73. The molecular formula is C32H43N2O8PS. The minimum atomic E-state index is -3.88. The Morgan fingerprint density at radius 1 is 1.02 bits per heavy atom. The number of nitrogens with one attached hydrogen (secondary N) is 1. The third kappa shape index (κ3) is 10.8. The number of esters is 1. The summed E-state index contributed by atoms with van der Waals surface area (Å²) in [6.45, 7) is 3.59. The number of imide groups is 1. The van der Waals surface area contributed by atoms with Gasteiger partial charge in [-0.05, 0) is 61.1 Å². The number of carbonyl (C=O) groups excluding carboxylic acids is 3. The van der Waals surface area contributed by atoms with Gasteiger partial charge in [-0.2, -0.15) is 0 Å². The molecular weight excluding hydrogens is 603 g/mol. The van der Waals surface area contributed by atoms with Gasteiger partial charge in [0.25, 0.3) is 0 Å². The van der Waals surface area contributed by atoms with Crippen LogP contribution in [0.2, 0.25) is 0 Å². The number of urea groups is 1. The molecule has 1 fully saturated rings. The van der Waals surface area contributed by atoms with E-state index < -0.39 is 43.2 Å². The molecule has 10 nitrogen and oxygen atoms in total. The number of ether oxygens (including phenoxy) is 1. The van der Waals surface area contributed by atoms with Crippen LogP contribution in [0.15, 0.2) is 59.5 Å². The maximum atomic E-state index is 14.3. The number of aliphatic carboxylic acids is 1. The van der Waals surface area contributed by atoms with E-state index in [9.17, 15) is 33.7 Å². The van der Waals surface area contributed by atoms with Gasteiger partial charge in [-0.15, -0.1) is 11.8 Å². The van der Waals surface area contributed by atoms with Crippen molar-refractivity contribution in [2.75, 3.05) is 24.1 Å². The average molecular weight is 647 g/mol. The van der Waals surface area contributed by atoms with Gasteiger partial charge < -0.3 is 20.1 Å². The summed E-state index contributed by atoms with van der Waals surface area (Å²) in [5.41, 5.74) is 0.379. The SMILES string of the molecule is COC(=O)c1ccc(NC(=O)N(C(=O)C(CC2CCCCC2)CP(=O)(O)CSc2ccccc2)[C@@H](CC(C)C)C(=O)O)cc1. The molecule has 1 aliphatic rings. The van der Waals surface area contributed by atoms with Gasteiger partial charge in [0.2, 0.25) is 13.3 Å². The van der Waals surface area contributed by atoms with Crippen molar-refractivity contribution in [2.24, 2.45) is 17.8 Å². The number of carboxylic acid groups (broad SMARTS) is 1. The van der Waals surface area contributed by atoms with Crippen molar-refractivity contribution in [2.45, 2.75) is 69.7 Å². The Hall–Kier alpha value is -3.14. The van der Waals surface area contributed by atoms with Gasteiger partial charge in [-0.25, -0.2) is 19.3 Å². The average Bonchev–Trinajstić information content (AvgIpc) is 3.00. The number of rotatable bonds is 14. The lowest BCUT2D eigenvalue weighted by molar-refractivity contribution is -0.149. The molecule has 12 heteroatoms. The van der Waals surface area contributed by atoms with Crippen molar-refractivity contribution in [3.8, 4) is 0 Å². The molecule has 240 valence electrons. The molecule has 0 radical (unpaired) electrons. The number of carboxylic acids is 1. The number of nitrogens with zero attached hydrogens (tertiary/aromatic N) is 1. The Labute approximate surface area is 263 Å². The molecule has 2 aromatic carbocycles. The lowest BCUT2D eigenvalue weighted by Crippen LogP contribution is -2.53. The highest BCUT2D eigenvalue weighted by Gasteiger charge is 2.41. The van der Waals surface area contributed by atoms with E-state index in [1.54, 1.807) is 13.8 Å². The third-order valence-electron chi connectivity index (χ3n) is 7.68. The maximum absolute atomic E-state index is 14.3. The summed E-state index contributed by atoms with van der Waals surface area (Å²) >= 11 is 1.22. The van der Waals surface area contributed by atoms with Gasteiger partial charge in [0, 0.05) is 22.7 Å². The monoisotopic (exact) mass is 646 g/mol. The Bertz CT molecular complexity index is 1320. The summed E-state index contributed by atoms with van der Waals surface area (Å²) in [6.07, 6.45) is 4.74. The first kappa shape index (κ1) is 35.3. The van der Waals surface area contributed by atoms with Gasteiger partial charge in [-0.3, -0.25) is 9.36 Å². The van der Waals surface area contributed by atoms with Crippen molar-refractivity contribution in [3.05, 3.63) is 60.2 Å². The topological polar surface area (TPSA) is 150 Å². The highest BCUT2D eigenvalue weighted by Crippen LogP contribution is 2.49. The molecule has 0 saturated heterocycles. The molecule has 0 heterocycles. The van der Waals surface area contributed by atoms with Crippen molar-refractivity contribution in [1.29, 1.82) is 0 Å². The maximum Gasteiger partial charge on any atom is 0.337 e. The number of hydrogen-bond acceptors (Lipinski definition) is 7. The smallest absolute Gasteiger partial charge is 0.337 e. The summed E-state index contributed by atoms with van der Waals surface area (Å²) < 4.78 is 18.2. The van der Waals surface area contributed by atoms with Crippen molar-refractivity contribution in [3.63, 3.8) is 0 Å². The molecule has 2 unspecified atom stereocenters. The number of anilines is 1. The fraction of sp³-hybridized carbons (Fsp3) is 0.500. The summed E-state index contributed by atoms with van der Waals surface area (Å²) in [4.78, 5) is 65.0. The molecule has 2 aromatic rings. The Morgan fingerprint density at radius 3 is 2.23 bits per heavy atom. The summed E-state index contributed by atoms with van der Waals surface area (Å²) in [6, 6.07) is 12.5. The predicted molar refractivity (Wildman–Crippen MR) is 171 cm³/mol. The van der Waals surface area contributed by atoms with Crippen LogP contribution in [-0.4, -0.2) is 63.6 Å². The Kier molecular flexibility index (Phi) is 13.5. The van der Waals surface area contributed by atoms with Gasteiger partial charge >= 0.3 is 18.0 Å². The van der Waals surface area contributed by atoms with Crippen molar-refractivity contribution >= 4 is 48.7 Å². The largest absolute Gasteiger partial charge is 0.480 e. The normalized spacial score (nSPS) is 16.4. The van der Waals surface area contributed by atoms with E-state index in [2.05, 4.69) is 5.32 Å². The minimum Gasteiger partial charge on any atom is -0.480 e. The van der Waals surface area contributed by atoms with Crippen molar-refractivity contribution < 1.29 is 38.5 Å². The number of methoxy groups -OCH3 is 1. The van der Waals surface area contributed by atoms with Gasteiger partial charge in [0.1, 0.15) is 6.04 Å². The zero-order valence-corrected chi connectivity index (χ0v) is 27.2. The number of amides is 3. The Balaban J connectivity index is 1.93. The second kappa shape index (κ2) is 16.8. The van der Waals surface area contributed by atoms with Crippen LogP contribution < -0.4 is 5.32 Å². The number of hydrogen-bond donors (Lipinski definition) is 3. The van der Waals surface area contributed by atoms with Gasteiger partial charge in [-0.1, -0.05) is 64.2 Å². The first-order chi connectivity index (χ1) is 20.9. The van der Waals surface area contributed by atoms with E-state index >= 15 is 0 Å². The standard InChI is InChI=1S/C32H43N2O8PS/c1-22(2)18-28(30(36)37)34(32(39)33-26-16-14-24(15-17-26)31(38)42-3)29(35)25(19-23-10-6-4-7-11-23)20-43(40,41)21-44-27-12-8-5-9-13-27/h5,8-9,12-17,22-23,25,28H,4,6-7,10-11,18-21H2,1-3H3,(H,33,39)(H,36,37)(H,40,41)/t25?,28-/m0/s1. The molecule has 3 atom stereocenters. The van der Waals surface area contributed by atoms with Crippen LogP contribution in [0.1, 0.15) is 69.2 Å². The fourth-order valence-corrected chi connectivity index (χ4v) is 8.68. The first-order valence-corrected chi connectivity index (χ1v) is 18.0. The van der Waals surface area contributed by atoms with Crippen LogP contribution in [0.4, 0.5) is 10.5 Å². The number of carbonyl (C=O) groups is 4. The highest BCUT2D eigenvalue weighted by molar-refractivity contribution is 8.05. The molecule has 1 saturated carbocycles. The lowest BCUT2D eigenvalue weighted by atomic mass is 9.82.